The Morgan fingerprint density at radius 3 is 3.00 bits per heavy atom. The average Bonchev–Trinajstić information content (AvgIpc) is 2.92. The summed E-state index contributed by atoms with van der Waals surface area (Å²) in [5.41, 5.74) is 0.325. The maximum Gasteiger partial charge on any atom is 0.319 e. The lowest BCUT2D eigenvalue weighted by Gasteiger charge is -2.20. The van der Waals surface area contributed by atoms with Gasteiger partial charge in [-0.2, -0.15) is 0 Å². The smallest absolute Gasteiger partial charge is 0.319 e. The van der Waals surface area contributed by atoms with Crippen LogP contribution in [0.2, 0.25) is 0 Å². The molecule has 0 saturated carbocycles. The van der Waals surface area contributed by atoms with Crippen LogP contribution in [-0.4, -0.2) is 29.7 Å². The molecule has 0 unspecified atom stereocenters. The van der Waals surface area contributed by atoms with E-state index in [0.29, 0.717) is 5.69 Å². The zero-order chi connectivity index (χ0) is 14.5. The van der Waals surface area contributed by atoms with Crippen LogP contribution in [0.15, 0.2) is 24.3 Å². The molecule has 1 aromatic carbocycles. The molecule has 1 saturated heterocycles. The van der Waals surface area contributed by atoms with Crippen LogP contribution in [0, 0.1) is 10.1 Å². The van der Waals surface area contributed by atoms with E-state index >= 15 is 0 Å². The molecule has 108 valence electrons. The van der Waals surface area contributed by atoms with Gasteiger partial charge in [-0.15, -0.1) is 0 Å². The number of ether oxygens (including phenoxy) is 1. The summed E-state index contributed by atoms with van der Waals surface area (Å²) in [6, 6.07) is 5.32. The SMILES string of the molecule is C[C@@H](NC(=O)Nc1cccc([N+](=O)[O-])c1)[C@@H]1CCCO1. The van der Waals surface area contributed by atoms with Crippen molar-refractivity contribution in [3.05, 3.63) is 34.4 Å². The van der Waals surface area contributed by atoms with Crippen LogP contribution >= 0.6 is 0 Å². The van der Waals surface area contributed by atoms with Crippen molar-refractivity contribution in [2.75, 3.05) is 11.9 Å². The molecule has 0 aromatic heterocycles. The molecule has 2 atom stereocenters. The molecule has 0 bridgehead atoms. The molecular formula is C13H17N3O4. The van der Waals surface area contributed by atoms with E-state index in [1.54, 1.807) is 6.07 Å². The highest BCUT2D eigenvalue weighted by Gasteiger charge is 2.23. The Bertz CT molecular complexity index is 500. The number of nitro benzene ring substituents is 1. The van der Waals surface area contributed by atoms with E-state index in [-0.39, 0.29) is 17.8 Å². The number of carbonyl (C=O) groups excluding carboxylic acids is 1. The second-order valence-corrected chi connectivity index (χ2v) is 4.75. The third kappa shape index (κ3) is 3.67. The average molecular weight is 279 g/mol. The van der Waals surface area contributed by atoms with Gasteiger partial charge >= 0.3 is 6.03 Å². The molecule has 1 aliphatic heterocycles. The first-order valence-corrected chi connectivity index (χ1v) is 6.50. The highest BCUT2D eigenvalue weighted by molar-refractivity contribution is 5.89. The number of nitro groups is 1. The van der Waals surface area contributed by atoms with Crippen molar-refractivity contribution < 1.29 is 14.5 Å². The Kier molecular flexibility index (Phi) is 4.52. The van der Waals surface area contributed by atoms with Gasteiger partial charge in [-0.1, -0.05) is 6.07 Å². The molecule has 0 spiro atoms. The summed E-state index contributed by atoms with van der Waals surface area (Å²) in [4.78, 5) is 22.0. The van der Waals surface area contributed by atoms with Crippen LogP contribution in [0.3, 0.4) is 0 Å². The molecule has 0 aliphatic carbocycles. The van der Waals surface area contributed by atoms with Gasteiger partial charge in [-0.3, -0.25) is 10.1 Å². The second-order valence-electron chi connectivity index (χ2n) is 4.75. The maximum atomic E-state index is 11.8. The number of hydrogen-bond donors (Lipinski definition) is 2. The number of urea groups is 1. The molecule has 7 nitrogen and oxygen atoms in total. The largest absolute Gasteiger partial charge is 0.376 e. The fourth-order valence-electron chi connectivity index (χ4n) is 2.16. The van der Waals surface area contributed by atoms with Gasteiger partial charge in [0, 0.05) is 24.4 Å². The van der Waals surface area contributed by atoms with Gasteiger partial charge in [0.15, 0.2) is 0 Å². The highest BCUT2D eigenvalue weighted by atomic mass is 16.6. The zero-order valence-electron chi connectivity index (χ0n) is 11.2. The van der Waals surface area contributed by atoms with Crippen molar-refractivity contribution in [1.29, 1.82) is 0 Å². The quantitative estimate of drug-likeness (QED) is 0.653. The molecule has 1 fully saturated rings. The number of nitrogens with one attached hydrogen (secondary N) is 2. The van der Waals surface area contributed by atoms with E-state index in [1.807, 2.05) is 6.92 Å². The number of hydrogen-bond acceptors (Lipinski definition) is 4. The molecule has 2 N–H and O–H groups in total. The molecule has 0 radical (unpaired) electrons. The van der Waals surface area contributed by atoms with Crippen LogP contribution in [0.25, 0.3) is 0 Å². The van der Waals surface area contributed by atoms with Crippen molar-refractivity contribution in [2.45, 2.75) is 31.9 Å². The fraction of sp³-hybridized carbons (Fsp3) is 0.462. The molecule has 1 aromatic rings. The molecule has 1 aliphatic rings. The number of rotatable bonds is 4. The van der Waals surface area contributed by atoms with E-state index in [0.717, 1.165) is 19.4 Å². The Balaban J connectivity index is 1.90. The molecule has 7 heteroatoms. The molecular weight excluding hydrogens is 262 g/mol. The summed E-state index contributed by atoms with van der Waals surface area (Å²) in [5, 5.41) is 16.0. The molecule has 2 rings (SSSR count). The minimum atomic E-state index is -0.502. The fourth-order valence-corrected chi connectivity index (χ4v) is 2.16. The summed E-state index contributed by atoms with van der Waals surface area (Å²) in [6.07, 6.45) is 1.97. The van der Waals surface area contributed by atoms with Crippen molar-refractivity contribution >= 4 is 17.4 Å². The molecule has 2 amide bonds. The van der Waals surface area contributed by atoms with Gasteiger partial charge in [0.2, 0.25) is 0 Å². The first kappa shape index (κ1) is 14.3. The van der Waals surface area contributed by atoms with Crippen molar-refractivity contribution in [1.82, 2.24) is 5.32 Å². The van der Waals surface area contributed by atoms with Crippen molar-refractivity contribution in [3.63, 3.8) is 0 Å². The van der Waals surface area contributed by atoms with Crippen LogP contribution in [0.5, 0.6) is 0 Å². The molecule has 20 heavy (non-hydrogen) atoms. The third-order valence-electron chi connectivity index (χ3n) is 3.20. The predicted octanol–water partition coefficient (Wildman–Crippen LogP) is 2.28. The topological polar surface area (TPSA) is 93.5 Å². The van der Waals surface area contributed by atoms with E-state index in [1.165, 1.54) is 18.2 Å². The monoisotopic (exact) mass is 279 g/mol. The Hall–Kier alpha value is -2.15. The summed E-state index contributed by atoms with van der Waals surface area (Å²) in [5.74, 6) is 0. The highest BCUT2D eigenvalue weighted by Crippen LogP contribution is 2.18. The second kappa shape index (κ2) is 6.33. The van der Waals surface area contributed by atoms with Gasteiger partial charge in [0.25, 0.3) is 5.69 Å². The normalized spacial score (nSPS) is 19.4. The van der Waals surface area contributed by atoms with E-state index in [9.17, 15) is 14.9 Å². The van der Waals surface area contributed by atoms with Gasteiger partial charge in [0.1, 0.15) is 0 Å². The van der Waals surface area contributed by atoms with Gasteiger partial charge in [-0.05, 0) is 25.8 Å². The lowest BCUT2D eigenvalue weighted by molar-refractivity contribution is -0.384. The zero-order valence-corrected chi connectivity index (χ0v) is 11.2. The number of carbonyl (C=O) groups is 1. The summed E-state index contributed by atoms with van der Waals surface area (Å²) < 4.78 is 5.48. The minimum absolute atomic E-state index is 0.0332. The van der Waals surface area contributed by atoms with Crippen LogP contribution in [-0.2, 0) is 4.74 Å². The van der Waals surface area contributed by atoms with Crippen LogP contribution < -0.4 is 10.6 Å². The van der Waals surface area contributed by atoms with Gasteiger partial charge in [-0.25, -0.2) is 4.79 Å². The van der Waals surface area contributed by atoms with E-state index < -0.39 is 11.0 Å². The van der Waals surface area contributed by atoms with Crippen molar-refractivity contribution in [3.8, 4) is 0 Å². The lowest BCUT2D eigenvalue weighted by Crippen LogP contribution is -2.42. The van der Waals surface area contributed by atoms with Gasteiger partial charge in [0.05, 0.1) is 17.1 Å². The standard InChI is InChI=1S/C13H17N3O4/c1-9(12-6-3-7-20-12)14-13(17)15-10-4-2-5-11(8-10)16(18)19/h2,4-5,8-9,12H,3,6-7H2,1H3,(H2,14,15,17)/t9-,12+/m1/s1. The van der Waals surface area contributed by atoms with Gasteiger partial charge < -0.3 is 15.4 Å². The number of non-ortho nitro benzene ring substituents is 1. The lowest BCUT2D eigenvalue weighted by atomic mass is 10.1. The number of amides is 2. The van der Waals surface area contributed by atoms with Crippen LogP contribution in [0.1, 0.15) is 19.8 Å². The van der Waals surface area contributed by atoms with Crippen LogP contribution in [0.4, 0.5) is 16.2 Å². The first-order valence-electron chi connectivity index (χ1n) is 6.50. The number of anilines is 1. The molecule has 1 heterocycles. The number of benzene rings is 1. The third-order valence-corrected chi connectivity index (χ3v) is 3.20. The Morgan fingerprint density at radius 1 is 1.55 bits per heavy atom. The number of nitrogens with zero attached hydrogens (tertiary/aromatic N) is 1. The van der Waals surface area contributed by atoms with E-state index in [4.69, 9.17) is 4.74 Å². The Morgan fingerprint density at radius 2 is 2.35 bits per heavy atom. The minimum Gasteiger partial charge on any atom is -0.376 e. The summed E-state index contributed by atoms with van der Waals surface area (Å²) in [7, 11) is 0. The summed E-state index contributed by atoms with van der Waals surface area (Å²) >= 11 is 0. The Labute approximate surface area is 116 Å². The predicted molar refractivity (Wildman–Crippen MR) is 73.7 cm³/mol. The first-order chi connectivity index (χ1) is 9.56. The van der Waals surface area contributed by atoms with Crippen molar-refractivity contribution in [2.24, 2.45) is 0 Å². The summed E-state index contributed by atoms with van der Waals surface area (Å²) in [6.45, 7) is 2.60. The van der Waals surface area contributed by atoms with E-state index in [2.05, 4.69) is 10.6 Å². The maximum absolute atomic E-state index is 11.8.